The topological polar surface area (TPSA) is 22.9 Å². The van der Waals surface area contributed by atoms with Crippen LogP contribution in [-0.2, 0) is 0 Å². The molecule has 2 aliphatic carbocycles. The summed E-state index contributed by atoms with van der Waals surface area (Å²) in [6.07, 6.45) is 4.50. The minimum Gasteiger partial charge on any atom is -0.443 e. The molecule has 0 bridgehead atoms. The van der Waals surface area contributed by atoms with Gasteiger partial charge in [0.15, 0.2) is 6.10 Å². The van der Waals surface area contributed by atoms with Gasteiger partial charge in [0.05, 0.1) is 0 Å². The summed E-state index contributed by atoms with van der Waals surface area (Å²) in [5.41, 5.74) is 0. The standard InChI is InChI=1S/C6H10O/c7-6-4-2-1-3-5(4)6/h4-7H,1-3H2/p+1/t4-,5+,6?. The average Bonchev–Trinajstić information content (AvgIpc) is 2.26. The second-order valence-corrected chi connectivity index (χ2v) is 2.78. The molecular weight excluding hydrogens is 88.1 g/mol. The molecule has 3 atom stereocenters. The van der Waals surface area contributed by atoms with Gasteiger partial charge in [-0.3, -0.25) is 0 Å². The Hall–Kier alpha value is -0.0400. The molecule has 40 valence electrons. The number of fused-ring (bicyclic) bond motifs is 1. The molecule has 0 saturated heterocycles. The first-order chi connectivity index (χ1) is 3.39. The third-order valence-corrected chi connectivity index (χ3v) is 2.41. The van der Waals surface area contributed by atoms with Crippen molar-refractivity contribution < 1.29 is 5.11 Å². The molecule has 2 aliphatic rings. The van der Waals surface area contributed by atoms with Crippen LogP contribution in [0.5, 0.6) is 0 Å². The predicted octanol–water partition coefficient (Wildman–Crippen LogP) is 0.510. The van der Waals surface area contributed by atoms with Crippen LogP contribution in [0.2, 0.25) is 0 Å². The SMILES string of the molecule is [OH2+]C1[C@H]2CCC[C@@H]12. The summed E-state index contributed by atoms with van der Waals surface area (Å²) in [7, 11) is 0. The molecule has 7 heavy (non-hydrogen) atoms. The van der Waals surface area contributed by atoms with E-state index in [2.05, 4.69) is 0 Å². The molecule has 0 amide bonds. The van der Waals surface area contributed by atoms with Crippen molar-refractivity contribution in [3.05, 3.63) is 0 Å². The molecule has 0 aromatic rings. The fourth-order valence-corrected chi connectivity index (χ4v) is 1.82. The van der Waals surface area contributed by atoms with E-state index in [9.17, 15) is 0 Å². The van der Waals surface area contributed by atoms with E-state index in [1.54, 1.807) is 0 Å². The monoisotopic (exact) mass is 99.1 g/mol. The highest BCUT2D eigenvalue weighted by Crippen LogP contribution is 2.51. The largest absolute Gasteiger partial charge is 0.443 e. The van der Waals surface area contributed by atoms with Crippen LogP contribution < -0.4 is 0 Å². The highest BCUT2D eigenvalue weighted by molar-refractivity contribution is 5.01. The molecule has 0 radical (unpaired) electrons. The molecule has 2 fully saturated rings. The van der Waals surface area contributed by atoms with Crippen molar-refractivity contribution in [2.75, 3.05) is 0 Å². The molecule has 0 heterocycles. The van der Waals surface area contributed by atoms with Gasteiger partial charge in [-0.25, -0.2) is 0 Å². The molecule has 0 aliphatic heterocycles. The summed E-state index contributed by atoms with van der Waals surface area (Å²) in [6, 6.07) is 0. The maximum absolute atomic E-state index is 7.31. The zero-order chi connectivity index (χ0) is 4.85. The van der Waals surface area contributed by atoms with Crippen LogP contribution >= 0.6 is 0 Å². The van der Waals surface area contributed by atoms with Gasteiger partial charge in [0.25, 0.3) is 0 Å². The Morgan fingerprint density at radius 1 is 1.14 bits per heavy atom. The lowest BCUT2D eigenvalue weighted by Crippen LogP contribution is -1.88. The Balaban J connectivity index is 2.06. The van der Waals surface area contributed by atoms with Crippen molar-refractivity contribution in [1.82, 2.24) is 0 Å². The lowest BCUT2D eigenvalue weighted by atomic mass is 10.2. The Labute approximate surface area is 43.3 Å². The molecule has 1 unspecified atom stereocenters. The van der Waals surface area contributed by atoms with Crippen molar-refractivity contribution in [2.45, 2.75) is 25.4 Å². The third-order valence-electron chi connectivity index (χ3n) is 2.41. The lowest BCUT2D eigenvalue weighted by Gasteiger charge is -1.86. The van der Waals surface area contributed by atoms with Crippen LogP contribution in [0, 0.1) is 11.8 Å². The van der Waals surface area contributed by atoms with Crippen LogP contribution in [0.15, 0.2) is 0 Å². The van der Waals surface area contributed by atoms with Gasteiger partial charge in [0.1, 0.15) is 0 Å². The average molecular weight is 99.2 g/mol. The van der Waals surface area contributed by atoms with Crippen LogP contribution in [0.25, 0.3) is 0 Å². The quantitative estimate of drug-likeness (QED) is 0.395. The lowest BCUT2D eigenvalue weighted by molar-refractivity contribution is 0.233. The minimum absolute atomic E-state index is 0.369. The fraction of sp³-hybridized carbons (Fsp3) is 1.00. The summed E-state index contributed by atoms with van der Waals surface area (Å²) in [5.74, 6) is 1.69. The Morgan fingerprint density at radius 2 is 1.71 bits per heavy atom. The van der Waals surface area contributed by atoms with Gasteiger partial charge in [-0.05, 0) is 12.8 Å². The highest BCUT2D eigenvalue weighted by Gasteiger charge is 2.56. The first-order valence-electron chi connectivity index (χ1n) is 3.11. The molecule has 2 N–H and O–H groups in total. The van der Waals surface area contributed by atoms with Crippen molar-refractivity contribution in [3.63, 3.8) is 0 Å². The maximum atomic E-state index is 7.31. The van der Waals surface area contributed by atoms with E-state index in [1.165, 1.54) is 19.3 Å². The fourth-order valence-electron chi connectivity index (χ4n) is 1.82. The minimum atomic E-state index is 0.369. The number of rotatable bonds is 0. The highest BCUT2D eigenvalue weighted by atomic mass is 16.3. The van der Waals surface area contributed by atoms with E-state index in [1.807, 2.05) is 0 Å². The van der Waals surface area contributed by atoms with Crippen LogP contribution in [0.3, 0.4) is 0 Å². The molecule has 1 heteroatoms. The second kappa shape index (κ2) is 1.03. The maximum Gasteiger partial charge on any atom is 0.160 e. The van der Waals surface area contributed by atoms with Crippen molar-refractivity contribution in [1.29, 1.82) is 0 Å². The Kier molecular flexibility index (Phi) is 0.571. The molecule has 2 rings (SSSR count). The second-order valence-electron chi connectivity index (χ2n) is 2.78. The van der Waals surface area contributed by atoms with Gasteiger partial charge < -0.3 is 5.11 Å². The summed E-state index contributed by atoms with van der Waals surface area (Å²) in [5, 5.41) is 7.31. The van der Waals surface area contributed by atoms with Gasteiger partial charge in [0, 0.05) is 11.8 Å². The van der Waals surface area contributed by atoms with Crippen molar-refractivity contribution >= 4 is 0 Å². The molecule has 2 saturated carbocycles. The summed E-state index contributed by atoms with van der Waals surface area (Å²) >= 11 is 0. The van der Waals surface area contributed by atoms with E-state index in [0.29, 0.717) is 6.10 Å². The summed E-state index contributed by atoms with van der Waals surface area (Å²) in [4.78, 5) is 0. The van der Waals surface area contributed by atoms with Crippen molar-refractivity contribution in [3.8, 4) is 0 Å². The molecule has 1 nitrogen and oxygen atoms in total. The van der Waals surface area contributed by atoms with E-state index in [4.69, 9.17) is 5.11 Å². The van der Waals surface area contributed by atoms with Gasteiger partial charge in [-0.2, -0.15) is 0 Å². The first kappa shape index (κ1) is 3.90. The van der Waals surface area contributed by atoms with E-state index < -0.39 is 0 Å². The zero-order valence-electron chi connectivity index (χ0n) is 4.35. The van der Waals surface area contributed by atoms with E-state index in [0.717, 1.165) is 11.8 Å². The normalized spacial score (nSPS) is 57.0. The van der Waals surface area contributed by atoms with Gasteiger partial charge >= 0.3 is 0 Å². The van der Waals surface area contributed by atoms with Crippen LogP contribution in [-0.4, -0.2) is 11.2 Å². The zero-order valence-corrected chi connectivity index (χ0v) is 4.35. The molecule has 0 aromatic carbocycles. The van der Waals surface area contributed by atoms with Crippen LogP contribution in [0.1, 0.15) is 19.3 Å². The third kappa shape index (κ3) is 0.367. The van der Waals surface area contributed by atoms with Gasteiger partial charge in [0.2, 0.25) is 0 Å². The predicted molar refractivity (Wildman–Crippen MR) is 28.2 cm³/mol. The number of hydrogen-bond donors (Lipinski definition) is 0. The molecular formula is C6H11O+. The molecule has 0 spiro atoms. The molecule has 0 aromatic heterocycles. The van der Waals surface area contributed by atoms with Crippen LogP contribution in [0.4, 0.5) is 0 Å². The van der Waals surface area contributed by atoms with E-state index in [-0.39, 0.29) is 0 Å². The first-order valence-corrected chi connectivity index (χ1v) is 3.11. The Bertz CT molecular complexity index is 80.2. The van der Waals surface area contributed by atoms with Gasteiger partial charge in [-0.15, -0.1) is 0 Å². The Morgan fingerprint density at radius 3 is 2.00 bits per heavy atom. The summed E-state index contributed by atoms with van der Waals surface area (Å²) in [6.45, 7) is 0. The van der Waals surface area contributed by atoms with E-state index >= 15 is 0 Å². The summed E-state index contributed by atoms with van der Waals surface area (Å²) < 4.78 is 0. The number of hydrogen-bond acceptors (Lipinski definition) is 0. The smallest absolute Gasteiger partial charge is 0.160 e. The van der Waals surface area contributed by atoms with Crippen molar-refractivity contribution in [2.24, 2.45) is 11.8 Å². The van der Waals surface area contributed by atoms with Gasteiger partial charge in [-0.1, -0.05) is 6.42 Å².